The summed E-state index contributed by atoms with van der Waals surface area (Å²) < 4.78 is 0.730. The van der Waals surface area contributed by atoms with E-state index in [0.29, 0.717) is 0 Å². The highest BCUT2D eigenvalue weighted by Crippen LogP contribution is 2.15. The Morgan fingerprint density at radius 1 is 1.19 bits per heavy atom. The van der Waals surface area contributed by atoms with E-state index < -0.39 is 0 Å². The number of nitrogens with zero attached hydrogens (tertiary/aromatic N) is 2. The van der Waals surface area contributed by atoms with E-state index in [1.807, 2.05) is 18.7 Å². The maximum atomic E-state index is 4.13. The third kappa shape index (κ3) is 5.08. The van der Waals surface area contributed by atoms with Crippen molar-refractivity contribution < 1.29 is 21.5 Å². The van der Waals surface area contributed by atoms with Gasteiger partial charge in [-0.25, -0.2) is 9.48 Å². The minimum Gasteiger partial charge on any atom is -1.00 e. The number of quaternary nitrogens is 1. The lowest BCUT2D eigenvalue weighted by molar-refractivity contribution is -0.721. The molecule has 0 saturated heterocycles. The number of hydrogen-bond donors (Lipinski definition) is 0. The highest BCUT2D eigenvalue weighted by Gasteiger charge is 2.21. The maximum Gasteiger partial charge on any atom is 0.199 e. The lowest BCUT2D eigenvalue weighted by Gasteiger charge is -2.21. The first-order valence-electron chi connectivity index (χ1n) is 6.06. The van der Waals surface area contributed by atoms with Crippen molar-refractivity contribution in [2.45, 2.75) is 45.4 Å². The van der Waals surface area contributed by atoms with E-state index in [1.54, 1.807) is 0 Å². The third-order valence-corrected chi connectivity index (χ3v) is 2.95. The molecule has 1 rings (SSSR count). The van der Waals surface area contributed by atoms with Crippen LogP contribution in [0.5, 0.6) is 0 Å². The van der Waals surface area contributed by atoms with Crippen molar-refractivity contribution in [3.63, 3.8) is 0 Å². The predicted molar refractivity (Wildman–Crippen MR) is 66.3 cm³/mol. The molecule has 0 aromatic heterocycles. The van der Waals surface area contributed by atoms with Crippen molar-refractivity contribution in [1.82, 2.24) is 0 Å². The zero-order valence-electron chi connectivity index (χ0n) is 10.2. The van der Waals surface area contributed by atoms with Crippen LogP contribution in [0.4, 0.5) is 0 Å². The summed E-state index contributed by atoms with van der Waals surface area (Å²) in [6.45, 7) is 7.23. The van der Waals surface area contributed by atoms with Gasteiger partial charge in [0.25, 0.3) is 0 Å². The van der Waals surface area contributed by atoms with E-state index in [0.717, 1.165) is 11.0 Å². The summed E-state index contributed by atoms with van der Waals surface area (Å²) >= 11 is 0. The van der Waals surface area contributed by atoms with Gasteiger partial charge < -0.3 is 17.0 Å². The van der Waals surface area contributed by atoms with Crippen LogP contribution in [0.2, 0.25) is 0 Å². The Kier molecular flexibility index (Phi) is 8.49. The van der Waals surface area contributed by atoms with E-state index in [9.17, 15) is 0 Å². The van der Waals surface area contributed by atoms with Gasteiger partial charge in [-0.3, -0.25) is 0 Å². The van der Waals surface area contributed by atoms with Gasteiger partial charge in [0.05, 0.1) is 18.9 Å². The Labute approximate surface area is 110 Å². The lowest BCUT2D eigenvalue weighted by Crippen LogP contribution is -3.00. The molecule has 0 saturated carbocycles. The fraction of sp³-hybridized carbons (Fsp3) is 0.615. The average molecular weight is 287 g/mol. The van der Waals surface area contributed by atoms with Crippen molar-refractivity contribution in [2.24, 2.45) is 4.99 Å². The molecule has 0 aliphatic carbocycles. The smallest absolute Gasteiger partial charge is 0.199 e. The van der Waals surface area contributed by atoms with Crippen LogP contribution in [0.15, 0.2) is 30.2 Å². The van der Waals surface area contributed by atoms with Crippen LogP contribution in [0.25, 0.3) is 0 Å². The standard InChI is InChI=1S/C13H23N2.BrH/c1-3-5-6-7-8-9-11-15(4-2)12-10-14-13-15;/h4,10,12-13H,2-3,5-9,11H2,1H3;1H/q+1;/p-1. The first-order valence-corrected chi connectivity index (χ1v) is 6.06. The number of aliphatic imine (C=N–C) groups is 1. The minimum atomic E-state index is 0. The van der Waals surface area contributed by atoms with Gasteiger partial charge in [0.1, 0.15) is 6.20 Å². The topological polar surface area (TPSA) is 12.4 Å². The van der Waals surface area contributed by atoms with Crippen LogP contribution in [0.3, 0.4) is 0 Å². The Morgan fingerprint density at radius 3 is 2.44 bits per heavy atom. The number of unbranched alkanes of at least 4 members (excludes halogenated alkanes) is 5. The van der Waals surface area contributed by atoms with Crippen LogP contribution < -0.4 is 17.0 Å². The monoisotopic (exact) mass is 286 g/mol. The molecule has 0 radical (unpaired) electrons. The molecule has 92 valence electrons. The molecule has 0 amide bonds. The molecule has 0 aromatic carbocycles. The maximum absolute atomic E-state index is 4.13. The zero-order chi connectivity index (χ0) is 11.0. The molecule has 1 aliphatic heterocycles. The van der Waals surface area contributed by atoms with Gasteiger partial charge in [-0.2, -0.15) is 0 Å². The molecule has 0 aromatic rings. The first kappa shape index (κ1) is 15.6. The Bertz CT molecular complexity index is 234. The second-order valence-electron chi connectivity index (χ2n) is 4.23. The van der Waals surface area contributed by atoms with E-state index in [2.05, 4.69) is 24.7 Å². The van der Waals surface area contributed by atoms with E-state index in [-0.39, 0.29) is 17.0 Å². The van der Waals surface area contributed by atoms with Gasteiger partial charge in [0.15, 0.2) is 6.34 Å². The summed E-state index contributed by atoms with van der Waals surface area (Å²) in [7, 11) is 0. The molecule has 0 bridgehead atoms. The molecule has 2 nitrogen and oxygen atoms in total. The van der Waals surface area contributed by atoms with E-state index >= 15 is 0 Å². The van der Waals surface area contributed by atoms with Crippen LogP contribution in [0, 0.1) is 0 Å². The SMILES string of the molecule is C=C[N+]1(CCCCCCCC)C=CN=C1.[Br-]. The van der Waals surface area contributed by atoms with Crippen molar-refractivity contribution in [3.8, 4) is 0 Å². The summed E-state index contributed by atoms with van der Waals surface area (Å²) in [6, 6.07) is 0. The largest absolute Gasteiger partial charge is 1.00 e. The molecule has 16 heavy (non-hydrogen) atoms. The zero-order valence-corrected chi connectivity index (χ0v) is 11.8. The van der Waals surface area contributed by atoms with Crippen molar-refractivity contribution >= 4 is 6.34 Å². The molecular formula is C13H23BrN2. The Balaban J connectivity index is 0.00000225. The van der Waals surface area contributed by atoms with Gasteiger partial charge in [-0.1, -0.05) is 32.6 Å². The van der Waals surface area contributed by atoms with Gasteiger partial charge in [0, 0.05) is 0 Å². The van der Waals surface area contributed by atoms with E-state index in [4.69, 9.17) is 0 Å². The molecule has 0 N–H and O–H groups in total. The molecule has 1 unspecified atom stereocenters. The molecule has 1 heterocycles. The fourth-order valence-electron chi connectivity index (χ4n) is 1.86. The van der Waals surface area contributed by atoms with Crippen molar-refractivity contribution in [1.29, 1.82) is 0 Å². The molecule has 0 fully saturated rings. The predicted octanol–water partition coefficient (Wildman–Crippen LogP) is 0.824. The highest BCUT2D eigenvalue weighted by atomic mass is 79.9. The van der Waals surface area contributed by atoms with Gasteiger partial charge >= 0.3 is 0 Å². The second-order valence-corrected chi connectivity index (χ2v) is 4.23. The molecular weight excluding hydrogens is 264 g/mol. The lowest BCUT2D eigenvalue weighted by atomic mass is 10.1. The molecule has 1 aliphatic rings. The Hall–Kier alpha value is -0.410. The summed E-state index contributed by atoms with van der Waals surface area (Å²) in [4.78, 5) is 4.13. The average Bonchev–Trinajstić information content (AvgIpc) is 2.73. The second kappa shape index (κ2) is 8.71. The summed E-state index contributed by atoms with van der Waals surface area (Å²) in [5.74, 6) is 0. The van der Waals surface area contributed by atoms with Crippen LogP contribution >= 0.6 is 0 Å². The van der Waals surface area contributed by atoms with Crippen molar-refractivity contribution in [3.05, 3.63) is 25.2 Å². The molecule has 0 spiro atoms. The number of halogens is 1. The minimum absolute atomic E-state index is 0. The highest BCUT2D eigenvalue weighted by molar-refractivity contribution is 5.51. The third-order valence-electron chi connectivity index (χ3n) is 2.95. The summed E-state index contributed by atoms with van der Waals surface area (Å²) in [5.41, 5.74) is 0. The molecule has 3 heteroatoms. The van der Waals surface area contributed by atoms with Crippen LogP contribution in [0.1, 0.15) is 45.4 Å². The van der Waals surface area contributed by atoms with Gasteiger partial charge in [-0.15, -0.1) is 0 Å². The number of hydrogen-bond acceptors (Lipinski definition) is 1. The normalized spacial score (nSPS) is 22.1. The van der Waals surface area contributed by atoms with E-state index in [1.165, 1.54) is 38.5 Å². The fourth-order valence-corrected chi connectivity index (χ4v) is 1.86. The van der Waals surface area contributed by atoms with Crippen molar-refractivity contribution in [2.75, 3.05) is 6.54 Å². The summed E-state index contributed by atoms with van der Waals surface area (Å²) in [6.07, 6.45) is 15.9. The first-order chi connectivity index (χ1) is 7.33. The van der Waals surface area contributed by atoms with Crippen LogP contribution in [-0.4, -0.2) is 17.4 Å². The summed E-state index contributed by atoms with van der Waals surface area (Å²) in [5, 5.41) is 0. The van der Waals surface area contributed by atoms with Crippen LogP contribution in [-0.2, 0) is 0 Å². The quantitative estimate of drug-likeness (QED) is 0.463. The van der Waals surface area contributed by atoms with Gasteiger partial charge in [-0.05, 0) is 19.4 Å². The van der Waals surface area contributed by atoms with Gasteiger partial charge in [0.2, 0.25) is 0 Å². The molecule has 1 atom stereocenters. The Morgan fingerprint density at radius 2 is 1.88 bits per heavy atom. The number of rotatable bonds is 8.